The Morgan fingerprint density at radius 1 is 0.958 bits per heavy atom. The van der Waals surface area contributed by atoms with Crippen LogP contribution in [0.4, 0.5) is 0 Å². The third kappa shape index (κ3) is 4.64. The van der Waals surface area contributed by atoms with E-state index in [1.54, 1.807) is 31.2 Å². The Morgan fingerprint density at radius 3 is 2.12 bits per heavy atom. The summed E-state index contributed by atoms with van der Waals surface area (Å²) in [5.41, 5.74) is 2.51. The quantitative estimate of drug-likeness (QED) is 0.805. The highest BCUT2D eigenvalue weighted by molar-refractivity contribution is 7.89. The molecule has 0 aliphatic rings. The molecule has 0 aromatic heterocycles. The fraction of sp³-hybridized carbons (Fsp3) is 0.250. The molecule has 0 fully saturated rings. The predicted molar refractivity (Wildman–Crippen MR) is 92.6 cm³/mol. The molecular formula is C16H20N2O4S2. The first-order chi connectivity index (χ1) is 11.1. The Morgan fingerprint density at radius 2 is 1.58 bits per heavy atom. The van der Waals surface area contributed by atoms with Gasteiger partial charge in [-0.05, 0) is 49.6 Å². The number of sulfonamides is 2. The van der Waals surface area contributed by atoms with Crippen LogP contribution in [0.15, 0.2) is 52.3 Å². The summed E-state index contributed by atoms with van der Waals surface area (Å²) in [4.78, 5) is 0.291. The molecule has 0 saturated carbocycles. The fourth-order valence-electron chi connectivity index (χ4n) is 2.35. The maximum absolute atomic E-state index is 12.3. The molecule has 0 amide bonds. The summed E-state index contributed by atoms with van der Waals surface area (Å²) in [6, 6.07) is 11.2. The zero-order valence-electron chi connectivity index (χ0n) is 13.5. The van der Waals surface area contributed by atoms with Gasteiger partial charge in [0, 0.05) is 6.54 Å². The van der Waals surface area contributed by atoms with Crippen molar-refractivity contribution in [1.82, 2.24) is 4.72 Å². The molecule has 2 aromatic carbocycles. The lowest BCUT2D eigenvalue weighted by molar-refractivity contribution is 0.581. The summed E-state index contributed by atoms with van der Waals surface area (Å²) >= 11 is 0. The first kappa shape index (κ1) is 18.6. The Kier molecular flexibility index (Phi) is 5.44. The number of hydrogen-bond acceptors (Lipinski definition) is 4. The molecule has 0 aliphatic heterocycles. The van der Waals surface area contributed by atoms with E-state index in [4.69, 9.17) is 5.14 Å². The fourth-order valence-corrected chi connectivity index (χ4v) is 4.13. The van der Waals surface area contributed by atoms with Gasteiger partial charge < -0.3 is 0 Å². The largest absolute Gasteiger partial charge is 0.240 e. The number of nitrogens with one attached hydrogen (secondary N) is 1. The normalized spacial score (nSPS) is 12.3. The lowest BCUT2D eigenvalue weighted by atomic mass is 10.2. The van der Waals surface area contributed by atoms with Crippen molar-refractivity contribution in [3.63, 3.8) is 0 Å². The molecule has 0 radical (unpaired) electrons. The number of aryl methyl sites for hydroxylation is 2. The highest BCUT2D eigenvalue weighted by Gasteiger charge is 2.16. The second-order valence-corrected chi connectivity index (χ2v) is 8.90. The van der Waals surface area contributed by atoms with Crippen LogP contribution in [-0.4, -0.2) is 23.4 Å². The maximum atomic E-state index is 12.3. The molecule has 0 spiro atoms. The number of rotatable bonds is 6. The van der Waals surface area contributed by atoms with Gasteiger partial charge in [-0.2, -0.15) is 0 Å². The van der Waals surface area contributed by atoms with Crippen LogP contribution in [0.2, 0.25) is 0 Å². The Labute approximate surface area is 142 Å². The number of primary sulfonamides is 1. The van der Waals surface area contributed by atoms with Crippen molar-refractivity contribution in [1.29, 1.82) is 0 Å². The summed E-state index contributed by atoms with van der Waals surface area (Å²) in [7, 11) is -7.29. The standard InChI is InChI=1S/C16H20N2O4S2/c1-12-3-8-16(13(2)11-12)24(21,22)18-10-9-14-4-6-15(7-5-14)23(17,19)20/h3-8,11,18H,9-10H2,1-2H3,(H2,17,19,20). The van der Waals surface area contributed by atoms with Crippen LogP contribution in [0.3, 0.4) is 0 Å². The Hall–Kier alpha value is -1.74. The van der Waals surface area contributed by atoms with Gasteiger partial charge >= 0.3 is 0 Å². The van der Waals surface area contributed by atoms with Gasteiger partial charge in [-0.1, -0.05) is 29.8 Å². The summed E-state index contributed by atoms with van der Waals surface area (Å²) in [6.07, 6.45) is 0.440. The topological polar surface area (TPSA) is 106 Å². The smallest absolute Gasteiger partial charge is 0.225 e. The summed E-state index contributed by atoms with van der Waals surface area (Å²) in [5, 5.41) is 5.03. The van der Waals surface area contributed by atoms with Gasteiger partial charge in [0.25, 0.3) is 0 Å². The highest BCUT2D eigenvalue weighted by Crippen LogP contribution is 2.16. The zero-order chi connectivity index (χ0) is 18.0. The van der Waals surface area contributed by atoms with Crippen LogP contribution >= 0.6 is 0 Å². The van der Waals surface area contributed by atoms with Crippen LogP contribution in [0, 0.1) is 13.8 Å². The predicted octanol–water partition coefficient (Wildman–Crippen LogP) is 1.47. The first-order valence-electron chi connectivity index (χ1n) is 7.28. The highest BCUT2D eigenvalue weighted by atomic mass is 32.2. The Balaban J connectivity index is 2.03. The number of benzene rings is 2. The molecule has 24 heavy (non-hydrogen) atoms. The van der Waals surface area contributed by atoms with Gasteiger partial charge in [0.1, 0.15) is 0 Å². The van der Waals surface area contributed by atoms with E-state index >= 15 is 0 Å². The second-order valence-electron chi connectivity index (χ2n) is 5.61. The van der Waals surface area contributed by atoms with Gasteiger partial charge in [-0.15, -0.1) is 0 Å². The zero-order valence-corrected chi connectivity index (χ0v) is 15.1. The van der Waals surface area contributed by atoms with Crippen LogP contribution in [0.5, 0.6) is 0 Å². The minimum Gasteiger partial charge on any atom is -0.225 e. The second kappa shape index (κ2) is 7.02. The van der Waals surface area contributed by atoms with Gasteiger partial charge in [-0.3, -0.25) is 0 Å². The van der Waals surface area contributed by atoms with E-state index in [0.717, 1.165) is 11.1 Å². The van der Waals surface area contributed by atoms with Gasteiger partial charge in [0.15, 0.2) is 0 Å². The average Bonchev–Trinajstić information content (AvgIpc) is 2.46. The number of nitrogens with two attached hydrogens (primary N) is 1. The molecule has 8 heteroatoms. The summed E-state index contributed by atoms with van der Waals surface area (Å²) < 4.78 is 49.6. The molecule has 0 atom stereocenters. The molecule has 0 unspecified atom stereocenters. The van der Waals surface area contributed by atoms with Crippen LogP contribution in [0.1, 0.15) is 16.7 Å². The molecule has 0 aliphatic carbocycles. The monoisotopic (exact) mass is 368 g/mol. The van der Waals surface area contributed by atoms with Crippen molar-refractivity contribution in [2.24, 2.45) is 5.14 Å². The third-order valence-electron chi connectivity index (χ3n) is 3.58. The minimum atomic E-state index is -3.72. The van der Waals surface area contributed by atoms with E-state index in [1.807, 2.05) is 13.0 Å². The van der Waals surface area contributed by atoms with Crippen LogP contribution < -0.4 is 9.86 Å². The minimum absolute atomic E-state index is 0.0297. The SMILES string of the molecule is Cc1ccc(S(=O)(=O)NCCc2ccc(S(N)(=O)=O)cc2)c(C)c1. The molecule has 2 rings (SSSR count). The molecule has 3 N–H and O–H groups in total. The van der Waals surface area contributed by atoms with Gasteiger partial charge in [-0.25, -0.2) is 26.7 Å². The van der Waals surface area contributed by atoms with Gasteiger partial charge in [0.2, 0.25) is 20.0 Å². The average molecular weight is 368 g/mol. The maximum Gasteiger partial charge on any atom is 0.240 e. The molecule has 2 aromatic rings. The third-order valence-corrected chi connectivity index (χ3v) is 6.13. The number of hydrogen-bond donors (Lipinski definition) is 2. The molecule has 0 saturated heterocycles. The lowest BCUT2D eigenvalue weighted by Gasteiger charge is -2.10. The van der Waals surface area contributed by atoms with Gasteiger partial charge in [0.05, 0.1) is 9.79 Å². The van der Waals surface area contributed by atoms with Crippen molar-refractivity contribution in [3.05, 3.63) is 59.2 Å². The lowest BCUT2D eigenvalue weighted by Crippen LogP contribution is -2.26. The molecule has 0 bridgehead atoms. The van der Waals surface area contributed by atoms with Crippen molar-refractivity contribution < 1.29 is 16.8 Å². The molecular weight excluding hydrogens is 348 g/mol. The molecule has 6 nitrogen and oxygen atoms in total. The van der Waals surface area contributed by atoms with Crippen molar-refractivity contribution in [2.45, 2.75) is 30.1 Å². The van der Waals surface area contributed by atoms with E-state index in [-0.39, 0.29) is 16.3 Å². The van der Waals surface area contributed by atoms with Crippen LogP contribution in [0.25, 0.3) is 0 Å². The van der Waals surface area contributed by atoms with Crippen molar-refractivity contribution in [2.75, 3.05) is 6.54 Å². The van der Waals surface area contributed by atoms with E-state index in [9.17, 15) is 16.8 Å². The van der Waals surface area contributed by atoms with Crippen LogP contribution in [-0.2, 0) is 26.5 Å². The van der Waals surface area contributed by atoms with Crippen molar-refractivity contribution in [3.8, 4) is 0 Å². The molecule has 0 heterocycles. The van der Waals surface area contributed by atoms with E-state index in [1.165, 1.54) is 12.1 Å². The van der Waals surface area contributed by atoms with Crippen molar-refractivity contribution >= 4 is 20.0 Å². The van der Waals surface area contributed by atoms with E-state index in [0.29, 0.717) is 12.0 Å². The van der Waals surface area contributed by atoms with E-state index < -0.39 is 20.0 Å². The summed E-state index contributed by atoms with van der Waals surface area (Å²) in [6.45, 7) is 3.87. The van der Waals surface area contributed by atoms with E-state index in [2.05, 4.69) is 4.72 Å². The molecule has 130 valence electrons. The summed E-state index contributed by atoms with van der Waals surface area (Å²) in [5.74, 6) is 0. The Bertz CT molecular complexity index is 935. The first-order valence-corrected chi connectivity index (χ1v) is 10.3.